The fraction of sp³-hybridized carbons (Fsp3) is 0.400. The molecule has 0 atom stereocenters. The Balaban J connectivity index is 2.26. The molecule has 1 aliphatic rings. The molecular formula is C10H12OS2. The van der Waals surface area contributed by atoms with Gasteiger partial charge in [-0.15, -0.1) is 23.5 Å². The molecule has 0 unspecified atom stereocenters. The Morgan fingerprint density at radius 1 is 1.23 bits per heavy atom. The van der Waals surface area contributed by atoms with Crippen molar-refractivity contribution in [3.05, 3.63) is 29.8 Å². The van der Waals surface area contributed by atoms with Crippen LogP contribution in [-0.2, 0) is 0 Å². The van der Waals surface area contributed by atoms with Gasteiger partial charge in [0.25, 0.3) is 0 Å². The molecule has 0 amide bonds. The van der Waals surface area contributed by atoms with Crippen LogP contribution in [0.5, 0.6) is 5.75 Å². The van der Waals surface area contributed by atoms with Crippen LogP contribution in [0, 0.1) is 0 Å². The van der Waals surface area contributed by atoms with Gasteiger partial charge in [0.1, 0.15) is 5.75 Å². The molecule has 1 aromatic carbocycles. The number of hydrogen-bond donors (Lipinski definition) is 0. The summed E-state index contributed by atoms with van der Waals surface area (Å²) in [6, 6.07) is 8.30. The monoisotopic (exact) mass is 212 g/mol. The lowest BCUT2D eigenvalue weighted by Gasteiger charge is -2.12. The highest BCUT2D eigenvalue weighted by molar-refractivity contribution is 8.19. The van der Waals surface area contributed by atoms with Crippen molar-refractivity contribution in [2.75, 3.05) is 18.6 Å². The van der Waals surface area contributed by atoms with Crippen molar-refractivity contribution in [3.8, 4) is 5.75 Å². The Labute approximate surface area is 87.2 Å². The van der Waals surface area contributed by atoms with Gasteiger partial charge in [0, 0.05) is 17.1 Å². The number of rotatable bonds is 2. The highest BCUT2D eigenvalue weighted by Crippen LogP contribution is 2.47. The number of methoxy groups -OCH3 is 1. The van der Waals surface area contributed by atoms with E-state index in [1.54, 1.807) is 7.11 Å². The van der Waals surface area contributed by atoms with Crippen molar-refractivity contribution in [2.24, 2.45) is 0 Å². The van der Waals surface area contributed by atoms with Crippen molar-refractivity contribution in [3.63, 3.8) is 0 Å². The molecule has 1 saturated heterocycles. The topological polar surface area (TPSA) is 9.23 Å². The van der Waals surface area contributed by atoms with Crippen LogP contribution in [0.25, 0.3) is 0 Å². The minimum Gasteiger partial charge on any atom is -0.496 e. The maximum Gasteiger partial charge on any atom is 0.124 e. The first-order valence-corrected chi connectivity index (χ1v) is 6.37. The summed E-state index contributed by atoms with van der Waals surface area (Å²) in [7, 11) is 1.74. The van der Waals surface area contributed by atoms with Crippen molar-refractivity contribution in [1.29, 1.82) is 0 Å². The third kappa shape index (κ3) is 1.97. The number of thioether (sulfide) groups is 2. The van der Waals surface area contributed by atoms with Gasteiger partial charge < -0.3 is 4.74 Å². The zero-order chi connectivity index (χ0) is 9.10. The summed E-state index contributed by atoms with van der Waals surface area (Å²) >= 11 is 4.02. The van der Waals surface area contributed by atoms with Crippen LogP contribution in [0.4, 0.5) is 0 Å². The zero-order valence-corrected chi connectivity index (χ0v) is 9.16. The van der Waals surface area contributed by atoms with Gasteiger partial charge in [-0.05, 0) is 6.07 Å². The predicted molar refractivity (Wildman–Crippen MR) is 60.7 cm³/mol. The number of hydrogen-bond acceptors (Lipinski definition) is 3. The van der Waals surface area contributed by atoms with Gasteiger partial charge in [-0.25, -0.2) is 0 Å². The summed E-state index contributed by atoms with van der Waals surface area (Å²) in [6.07, 6.45) is 0. The van der Waals surface area contributed by atoms with Gasteiger partial charge in [-0.2, -0.15) is 0 Å². The molecule has 2 rings (SSSR count). The van der Waals surface area contributed by atoms with E-state index >= 15 is 0 Å². The van der Waals surface area contributed by atoms with Crippen molar-refractivity contribution >= 4 is 23.5 Å². The summed E-state index contributed by atoms with van der Waals surface area (Å²) in [5.41, 5.74) is 1.33. The standard InChI is InChI=1S/C10H12OS2/c1-11-9-5-3-2-4-8(9)10-12-6-7-13-10/h2-5,10H,6-7H2,1H3. The van der Waals surface area contributed by atoms with E-state index in [2.05, 4.69) is 12.1 Å². The van der Waals surface area contributed by atoms with Crippen LogP contribution in [0.1, 0.15) is 10.1 Å². The minimum atomic E-state index is 0.580. The summed E-state index contributed by atoms with van der Waals surface area (Å²) in [4.78, 5) is 0. The second kappa shape index (κ2) is 4.29. The molecule has 70 valence electrons. The summed E-state index contributed by atoms with van der Waals surface area (Å²) in [5, 5.41) is 0. The second-order valence-corrected chi connectivity index (χ2v) is 5.54. The van der Waals surface area contributed by atoms with Gasteiger partial charge in [-0.1, -0.05) is 18.2 Å². The summed E-state index contributed by atoms with van der Waals surface area (Å²) in [6.45, 7) is 0. The molecule has 3 heteroatoms. The second-order valence-electron chi connectivity index (χ2n) is 2.82. The normalized spacial score (nSPS) is 17.6. The third-order valence-corrected chi connectivity index (χ3v) is 5.08. The molecule has 1 fully saturated rings. The van der Waals surface area contributed by atoms with Gasteiger partial charge >= 0.3 is 0 Å². The molecule has 0 saturated carbocycles. The molecule has 0 bridgehead atoms. The largest absolute Gasteiger partial charge is 0.496 e. The highest BCUT2D eigenvalue weighted by atomic mass is 32.2. The Bertz CT molecular complexity index is 282. The Morgan fingerprint density at radius 3 is 2.62 bits per heavy atom. The fourth-order valence-electron chi connectivity index (χ4n) is 1.40. The van der Waals surface area contributed by atoms with E-state index in [-0.39, 0.29) is 0 Å². The molecule has 1 heterocycles. The summed E-state index contributed by atoms with van der Waals surface area (Å²) in [5.74, 6) is 3.54. The smallest absolute Gasteiger partial charge is 0.124 e. The van der Waals surface area contributed by atoms with Crippen LogP contribution in [0.2, 0.25) is 0 Å². The minimum absolute atomic E-state index is 0.580. The molecule has 0 aromatic heterocycles. The first-order valence-electron chi connectivity index (χ1n) is 4.28. The lowest BCUT2D eigenvalue weighted by molar-refractivity contribution is 0.411. The van der Waals surface area contributed by atoms with E-state index < -0.39 is 0 Å². The quantitative estimate of drug-likeness (QED) is 0.745. The van der Waals surface area contributed by atoms with Crippen LogP contribution >= 0.6 is 23.5 Å². The number of para-hydroxylation sites is 1. The molecule has 0 spiro atoms. The molecule has 0 radical (unpaired) electrons. The molecule has 13 heavy (non-hydrogen) atoms. The van der Waals surface area contributed by atoms with Crippen molar-refractivity contribution < 1.29 is 4.74 Å². The van der Waals surface area contributed by atoms with E-state index in [1.165, 1.54) is 17.1 Å². The first-order chi connectivity index (χ1) is 6.42. The maximum atomic E-state index is 5.33. The van der Waals surface area contributed by atoms with Crippen molar-refractivity contribution in [1.82, 2.24) is 0 Å². The molecule has 1 aromatic rings. The average Bonchev–Trinajstić information content (AvgIpc) is 2.70. The summed E-state index contributed by atoms with van der Waals surface area (Å²) < 4.78 is 5.91. The number of benzene rings is 1. The Kier molecular flexibility index (Phi) is 3.06. The third-order valence-electron chi connectivity index (χ3n) is 2.01. The SMILES string of the molecule is COc1ccccc1C1SCCS1. The number of ether oxygens (including phenoxy) is 1. The molecule has 1 nitrogen and oxygen atoms in total. The van der Waals surface area contributed by atoms with Crippen LogP contribution in [0.3, 0.4) is 0 Å². The first kappa shape index (κ1) is 9.28. The molecule has 1 aliphatic heterocycles. The maximum absolute atomic E-state index is 5.33. The van der Waals surface area contributed by atoms with Gasteiger partial charge in [0.2, 0.25) is 0 Å². The van der Waals surface area contributed by atoms with Crippen LogP contribution in [0.15, 0.2) is 24.3 Å². The van der Waals surface area contributed by atoms with Gasteiger partial charge in [0.15, 0.2) is 0 Å². The lowest BCUT2D eigenvalue weighted by atomic mass is 10.2. The average molecular weight is 212 g/mol. The Morgan fingerprint density at radius 2 is 1.92 bits per heavy atom. The Hall–Kier alpha value is -0.280. The van der Waals surface area contributed by atoms with Gasteiger partial charge in [-0.3, -0.25) is 0 Å². The van der Waals surface area contributed by atoms with E-state index in [0.717, 1.165) is 5.75 Å². The fourth-order valence-corrected chi connectivity index (χ4v) is 4.31. The van der Waals surface area contributed by atoms with E-state index in [0.29, 0.717) is 4.58 Å². The van der Waals surface area contributed by atoms with E-state index in [4.69, 9.17) is 4.74 Å². The van der Waals surface area contributed by atoms with E-state index in [1.807, 2.05) is 35.7 Å². The van der Waals surface area contributed by atoms with Crippen LogP contribution in [-0.4, -0.2) is 18.6 Å². The lowest BCUT2D eigenvalue weighted by Crippen LogP contribution is -1.91. The molecular weight excluding hydrogens is 200 g/mol. The molecule has 0 aliphatic carbocycles. The van der Waals surface area contributed by atoms with E-state index in [9.17, 15) is 0 Å². The van der Waals surface area contributed by atoms with Gasteiger partial charge in [0.05, 0.1) is 11.7 Å². The van der Waals surface area contributed by atoms with Crippen LogP contribution < -0.4 is 4.74 Å². The predicted octanol–water partition coefficient (Wildman–Crippen LogP) is 3.17. The van der Waals surface area contributed by atoms with Crippen molar-refractivity contribution in [2.45, 2.75) is 4.58 Å². The molecule has 0 N–H and O–H groups in total. The zero-order valence-electron chi connectivity index (χ0n) is 7.53. The highest BCUT2D eigenvalue weighted by Gasteiger charge is 2.20.